The summed E-state index contributed by atoms with van der Waals surface area (Å²) in [4.78, 5) is 2.62. The van der Waals surface area contributed by atoms with Gasteiger partial charge in [-0.3, -0.25) is 4.90 Å². The van der Waals surface area contributed by atoms with Crippen molar-refractivity contribution in [1.29, 1.82) is 0 Å². The fraction of sp³-hybridized carbons (Fsp3) is 1.00. The van der Waals surface area contributed by atoms with Crippen molar-refractivity contribution in [3.05, 3.63) is 0 Å². The normalized spacial score (nSPS) is 23.3. The molecule has 1 unspecified atom stereocenters. The van der Waals surface area contributed by atoms with Crippen molar-refractivity contribution in [2.75, 3.05) is 26.2 Å². The van der Waals surface area contributed by atoms with Crippen LogP contribution in [0.1, 0.15) is 33.6 Å². The number of rotatable bonds is 5. The SMILES string of the molecule is CCN(CCC(C)C)C1CCNC1. The third-order valence-electron chi connectivity index (χ3n) is 2.95. The van der Waals surface area contributed by atoms with Gasteiger partial charge in [0.1, 0.15) is 0 Å². The monoisotopic (exact) mass is 184 g/mol. The van der Waals surface area contributed by atoms with E-state index in [1.165, 1.54) is 39.0 Å². The molecule has 0 radical (unpaired) electrons. The molecule has 0 spiro atoms. The molecule has 78 valence electrons. The maximum atomic E-state index is 3.43. The number of nitrogens with one attached hydrogen (secondary N) is 1. The lowest BCUT2D eigenvalue weighted by atomic mass is 10.1. The van der Waals surface area contributed by atoms with Gasteiger partial charge in [-0.15, -0.1) is 0 Å². The van der Waals surface area contributed by atoms with Gasteiger partial charge in [0.05, 0.1) is 0 Å². The van der Waals surface area contributed by atoms with E-state index in [9.17, 15) is 0 Å². The van der Waals surface area contributed by atoms with Gasteiger partial charge in [-0.1, -0.05) is 20.8 Å². The topological polar surface area (TPSA) is 15.3 Å². The highest BCUT2D eigenvalue weighted by Gasteiger charge is 2.20. The summed E-state index contributed by atoms with van der Waals surface area (Å²) >= 11 is 0. The van der Waals surface area contributed by atoms with Gasteiger partial charge in [0.15, 0.2) is 0 Å². The Morgan fingerprint density at radius 3 is 2.69 bits per heavy atom. The zero-order valence-corrected chi connectivity index (χ0v) is 9.34. The zero-order valence-electron chi connectivity index (χ0n) is 9.34. The smallest absolute Gasteiger partial charge is 0.0232 e. The standard InChI is InChI=1S/C11H24N2/c1-4-13(8-6-10(2)3)11-5-7-12-9-11/h10-12H,4-9H2,1-3H3. The van der Waals surface area contributed by atoms with Crippen molar-refractivity contribution < 1.29 is 0 Å². The molecule has 2 heteroatoms. The van der Waals surface area contributed by atoms with E-state index in [2.05, 4.69) is 31.0 Å². The van der Waals surface area contributed by atoms with E-state index in [1.54, 1.807) is 0 Å². The van der Waals surface area contributed by atoms with Gasteiger partial charge in [0, 0.05) is 12.6 Å². The number of hydrogen-bond donors (Lipinski definition) is 1. The molecule has 0 bridgehead atoms. The fourth-order valence-corrected chi connectivity index (χ4v) is 1.97. The van der Waals surface area contributed by atoms with Crippen LogP contribution in [0.15, 0.2) is 0 Å². The number of nitrogens with zero attached hydrogens (tertiary/aromatic N) is 1. The molecule has 0 aliphatic carbocycles. The van der Waals surface area contributed by atoms with Crippen molar-refractivity contribution >= 4 is 0 Å². The molecule has 1 atom stereocenters. The second-order valence-corrected chi connectivity index (χ2v) is 4.46. The Labute approximate surface area is 82.7 Å². The first-order valence-corrected chi connectivity index (χ1v) is 5.68. The molecule has 0 aromatic rings. The molecule has 1 saturated heterocycles. The average molecular weight is 184 g/mol. The Hall–Kier alpha value is -0.0800. The van der Waals surface area contributed by atoms with Crippen LogP contribution in [0.25, 0.3) is 0 Å². The summed E-state index contributed by atoms with van der Waals surface area (Å²) in [7, 11) is 0. The Balaban J connectivity index is 2.24. The molecule has 1 aliphatic rings. The third kappa shape index (κ3) is 3.65. The highest BCUT2D eigenvalue weighted by atomic mass is 15.2. The molecule has 1 rings (SSSR count). The van der Waals surface area contributed by atoms with Crippen LogP contribution in [-0.4, -0.2) is 37.1 Å². The van der Waals surface area contributed by atoms with Crippen LogP contribution < -0.4 is 5.32 Å². The van der Waals surface area contributed by atoms with E-state index < -0.39 is 0 Å². The molecule has 1 fully saturated rings. The molecule has 1 heterocycles. The Bertz CT molecular complexity index is 128. The molecule has 0 amide bonds. The summed E-state index contributed by atoms with van der Waals surface area (Å²) < 4.78 is 0. The van der Waals surface area contributed by atoms with E-state index in [0.29, 0.717) is 0 Å². The maximum Gasteiger partial charge on any atom is 0.0232 e. The molecular formula is C11H24N2. The predicted octanol–water partition coefficient (Wildman–Crippen LogP) is 1.72. The van der Waals surface area contributed by atoms with Crippen molar-refractivity contribution in [1.82, 2.24) is 10.2 Å². The molecule has 1 aliphatic heterocycles. The van der Waals surface area contributed by atoms with Crippen LogP contribution in [0, 0.1) is 5.92 Å². The highest BCUT2D eigenvalue weighted by Crippen LogP contribution is 2.10. The Morgan fingerprint density at radius 2 is 2.23 bits per heavy atom. The van der Waals surface area contributed by atoms with Crippen molar-refractivity contribution in [2.45, 2.75) is 39.7 Å². The van der Waals surface area contributed by atoms with Crippen LogP contribution in [-0.2, 0) is 0 Å². The van der Waals surface area contributed by atoms with Crippen LogP contribution in [0.2, 0.25) is 0 Å². The minimum atomic E-state index is 0.809. The van der Waals surface area contributed by atoms with Crippen LogP contribution in [0.4, 0.5) is 0 Å². The molecule has 0 saturated carbocycles. The highest BCUT2D eigenvalue weighted by molar-refractivity contribution is 4.79. The van der Waals surface area contributed by atoms with Crippen LogP contribution in [0.5, 0.6) is 0 Å². The lowest BCUT2D eigenvalue weighted by molar-refractivity contribution is 0.207. The van der Waals surface area contributed by atoms with Crippen molar-refractivity contribution in [3.63, 3.8) is 0 Å². The van der Waals surface area contributed by atoms with Gasteiger partial charge in [0.25, 0.3) is 0 Å². The van der Waals surface area contributed by atoms with Gasteiger partial charge in [-0.25, -0.2) is 0 Å². The third-order valence-corrected chi connectivity index (χ3v) is 2.95. The van der Waals surface area contributed by atoms with Gasteiger partial charge in [0.2, 0.25) is 0 Å². The quantitative estimate of drug-likeness (QED) is 0.700. The lowest BCUT2D eigenvalue weighted by Gasteiger charge is -2.27. The predicted molar refractivity (Wildman–Crippen MR) is 58.0 cm³/mol. The Kier molecular flexibility index (Phi) is 4.74. The molecule has 13 heavy (non-hydrogen) atoms. The second-order valence-electron chi connectivity index (χ2n) is 4.46. The molecule has 0 aromatic heterocycles. The number of likely N-dealkylation sites (N-methyl/N-ethyl adjacent to an activating group) is 1. The molecule has 0 aromatic carbocycles. The van der Waals surface area contributed by atoms with E-state index in [4.69, 9.17) is 0 Å². The summed E-state index contributed by atoms with van der Waals surface area (Å²) in [6, 6.07) is 0.809. The van der Waals surface area contributed by atoms with E-state index in [1.807, 2.05) is 0 Å². The minimum Gasteiger partial charge on any atom is -0.315 e. The fourth-order valence-electron chi connectivity index (χ4n) is 1.97. The second kappa shape index (κ2) is 5.61. The molecule has 2 nitrogen and oxygen atoms in total. The van der Waals surface area contributed by atoms with Crippen LogP contribution in [0.3, 0.4) is 0 Å². The van der Waals surface area contributed by atoms with Gasteiger partial charge >= 0.3 is 0 Å². The first-order chi connectivity index (χ1) is 6.24. The van der Waals surface area contributed by atoms with Gasteiger partial charge < -0.3 is 5.32 Å². The summed E-state index contributed by atoms with van der Waals surface area (Å²) in [5.74, 6) is 0.836. The first-order valence-electron chi connectivity index (χ1n) is 5.68. The van der Waals surface area contributed by atoms with E-state index in [0.717, 1.165) is 12.0 Å². The van der Waals surface area contributed by atoms with Gasteiger partial charge in [-0.2, -0.15) is 0 Å². The summed E-state index contributed by atoms with van der Waals surface area (Å²) in [5.41, 5.74) is 0. The summed E-state index contributed by atoms with van der Waals surface area (Å²) in [5, 5.41) is 3.43. The Morgan fingerprint density at radius 1 is 1.46 bits per heavy atom. The van der Waals surface area contributed by atoms with Gasteiger partial charge in [-0.05, 0) is 38.4 Å². The maximum absolute atomic E-state index is 3.43. The number of hydrogen-bond acceptors (Lipinski definition) is 2. The largest absolute Gasteiger partial charge is 0.315 e. The van der Waals surface area contributed by atoms with E-state index >= 15 is 0 Å². The average Bonchev–Trinajstić information content (AvgIpc) is 2.58. The molecule has 1 N–H and O–H groups in total. The van der Waals surface area contributed by atoms with E-state index in [-0.39, 0.29) is 0 Å². The molecular weight excluding hydrogens is 160 g/mol. The zero-order chi connectivity index (χ0) is 9.68. The lowest BCUT2D eigenvalue weighted by Crippen LogP contribution is -2.37. The first kappa shape index (κ1) is 11.0. The van der Waals surface area contributed by atoms with Crippen molar-refractivity contribution in [2.24, 2.45) is 5.92 Å². The summed E-state index contributed by atoms with van der Waals surface area (Å²) in [6.45, 7) is 11.8. The minimum absolute atomic E-state index is 0.809. The van der Waals surface area contributed by atoms with Crippen molar-refractivity contribution in [3.8, 4) is 0 Å². The summed E-state index contributed by atoms with van der Waals surface area (Å²) in [6.07, 6.45) is 2.68. The van der Waals surface area contributed by atoms with Crippen LogP contribution >= 0.6 is 0 Å².